The maximum Gasteiger partial charge on any atom is 0.255 e. The van der Waals surface area contributed by atoms with Gasteiger partial charge in [-0.2, -0.15) is 0 Å². The quantitative estimate of drug-likeness (QED) is 0.607. The number of carbonyl (C=O) groups is 2. The van der Waals surface area contributed by atoms with E-state index in [2.05, 4.69) is 5.32 Å². The minimum atomic E-state index is -0.241. The van der Waals surface area contributed by atoms with E-state index in [1.807, 2.05) is 59.5 Å². The van der Waals surface area contributed by atoms with Gasteiger partial charge >= 0.3 is 0 Å². The number of para-hydroxylation sites is 2. The number of piperidine rings is 1. The molecule has 0 radical (unpaired) electrons. The summed E-state index contributed by atoms with van der Waals surface area (Å²) in [7, 11) is 0. The van der Waals surface area contributed by atoms with Gasteiger partial charge in [-0.3, -0.25) is 9.59 Å². The molecule has 2 amide bonds. The molecule has 1 aliphatic heterocycles. The second-order valence-corrected chi connectivity index (χ2v) is 7.65. The van der Waals surface area contributed by atoms with Gasteiger partial charge in [0, 0.05) is 18.7 Å². The van der Waals surface area contributed by atoms with E-state index in [1.165, 1.54) is 0 Å². The van der Waals surface area contributed by atoms with E-state index >= 15 is 0 Å². The van der Waals surface area contributed by atoms with Crippen LogP contribution in [0.4, 0.5) is 5.69 Å². The van der Waals surface area contributed by atoms with Gasteiger partial charge in [-0.25, -0.2) is 0 Å². The van der Waals surface area contributed by atoms with E-state index in [0.717, 1.165) is 43.7 Å². The van der Waals surface area contributed by atoms with Crippen molar-refractivity contribution in [2.24, 2.45) is 0 Å². The molecule has 4 rings (SSSR count). The Kier molecular flexibility index (Phi) is 6.62. The fourth-order valence-corrected chi connectivity index (χ4v) is 3.68. The molecule has 3 aromatic rings. The molecule has 0 unspecified atom stereocenters. The predicted molar refractivity (Wildman–Crippen MR) is 121 cm³/mol. The van der Waals surface area contributed by atoms with Gasteiger partial charge in [0.2, 0.25) is 0 Å². The summed E-state index contributed by atoms with van der Waals surface area (Å²) in [6.45, 7) is 1.97. The normalized spacial score (nSPS) is 13.5. The number of anilines is 1. The Morgan fingerprint density at radius 2 is 1.48 bits per heavy atom. The van der Waals surface area contributed by atoms with Crippen molar-refractivity contribution in [2.45, 2.75) is 25.9 Å². The van der Waals surface area contributed by atoms with Crippen molar-refractivity contribution in [2.75, 3.05) is 18.4 Å². The number of nitrogens with one attached hydrogen (secondary N) is 1. The zero-order valence-corrected chi connectivity index (χ0v) is 17.4. The Bertz CT molecular complexity index is 1030. The van der Waals surface area contributed by atoms with Crippen LogP contribution in [-0.4, -0.2) is 29.8 Å². The molecule has 0 spiro atoms. The average Bonchev–Trinajstić information content (AvgIpc) is 2.84. The zero-order valence-electron chi connectivity index (χ0n) is 17.4. The van der Waals surface area contributed by atoms with Crippen molar-refractivity contribution >= 4 is 17.5 Å². The third-order valence-corrected chi connectivity index (χ3v) is 5.41. The van der Waals surface area contributed by atoms with Crippen molar-refractivity contribution in [3.8, 4) is 5.75 Å². The first-order valence-electron chi connectivity index (χ1n) is 10.7. The van der Waals surface area contributed by atoms with Gasteiger partial charge < -0.3 is 15.0 Å². The number of hydrogen-bond acceptors (Lipinski definition) is 3. The second-order valence-electron chi connectivity index (χ2n) is 7.65. The van der Waals surface area contributed by atoms with Gasteiger partial charge in [0.1, 0.15) is 12.4 Å². The smallest absolute Gasteiger partial charge is 0.255 e. The number of hydrogen-bond donors (Lipinski definition) is 1. The van der Waals surface area contributed by atoms with Gasteiger partial charge in [-0.05, 0) is 61.2 Å². The number of likely N-dealkylation sites (tertiary alicyclic amines) is 1. The number of ether oxygens (including phenoxy) is 1. The van der Waals surface area contributed by atoms with Crippen LogP contribution < -0.4 is 10.1 Å². The lowest BCUT2D eigenvalue weighted by Gasteiger charge is -2.27. The SMILES string of the molecule is O=C(Nc1ccccc1C(=O)N1CCCCC1)c1ccc(COc2ccccc2)cc1. The van der Waals surface area contributed by atoms with Crippen LogP contribution in [-0.2, 0) is 6.61 Å². The molecule has 1 heterocycles. The molecule has 5 nitrogen and oxygen atoms in total. The number of amides is 2. The molecule has 1 fully saturated rings. The fraction of sp³-hybridized carbons (Fsp3) is 0.231. The lowest BCUT2D eigenvalue weighted by Crippen LogP contribution is -2.36. The Labute approximate surface area is 182 Å². The molecule has 1 N–H and O–H groups in total. The summed E-state index contributed by atoms with van der Waals surface area (Å²) in [5.41, 5.74) is 2.58. The highest BCUT2D eigenvalue weighted by Crippen LogP contribution is 2.21. The van der Waals surface area contributed by atoms with E-state index in [4.69, 9.17) is 4.74 Å². The summed E-state index contributed by atoms with van der Waals surface area (Å²) < 4.78 is 5.75. The molecular weight excluding hydrogens is 388 g/mol. The fourth-order valence-electron chi connectivity index (χ4n) is 3.68. The zero-order chi connectivity index (χ0) is 21.5. The van der Waals surface area contributed by atoms with E-state index in [1.54, 1.807) is 24.3 Å². The van der Waals surface area contributed by atoms with Gasteiger partial charge in [-0.15, -0.1) is 0 Å². The van der Waals surface area contributed by atoms with Crippen molar-refractivity contribution in [1.82, 2.24) is 4.90 Å². The minimum Gasteiger partial charge on any atom is -0.489 e. The summed E-state index contributed by atoms with van der Waals surface area (Å²) in [4.78, 5) is 27.6. The molecule has 1 aliphatic rings. The summed E-state index contributed by atoms with van der Waals surface area (Å²) in [5.74, 6) is 0.540. The largest absolute Gasteiger partial charge is 0.489 e. The summed E-state index contributed by atoms with van der Waals surface area (Å²) in [6, 6.07) is 24.1. The Morgan fingerprint density at radius 3 is 2.23 bits per heavy atom. The van der Waals surface area contributed by atoms with Crippen molar-refractivity contribution in [1.29, 1.82) is 0 Å². The molecule has 0 saturated carbocycles. The van der Waals surface area contributed by atoms with Crippen LogP contribution >= 0.6 is 0 Å². The van der Waals surface area contributed by atoms with Crippen LogP contribution in [0.3, 0.4) is 0 Å². The molecule has 0 aliphatic carbocycles. The number of nitrogens with zero attached hydrogens (tertiary/aromatic N) is 1. The third-order valence-electron chi connectivity index (χ3n) is 5.41. The second kappa shape index (κ2) is 9.94. The summed E-state index contributed by atoms with van der Waals surface area (Å²) >= 11 is 0. The maximum absolute atomic E-state index is 12.9. The number of carbonyl (C=O) groups excluding carboxylic acids is 2. The van der Waals surface area contributed by atoms with Crippen molar-refractivity contribution in [3.05, 3.63) is 95.6 Å². The molecule has 0 aromatic heterocycles. The highest BCUT2D eigenvalue weighted by atomic mass is 16.5. The molecule has 31 heavy (non-hydrogen) atoms. The number of rotatable bonds is 6. The average molecular weight is 415 g/mol. The van der Waals surface area contributed by atoms with Crippen molar-refractivity contribution < 1.29 is 14.3 Å². The highest BCUT2D eigenvalue weighted by Gasteiger charge is 2.21. The van der Waals surface area contributed by atoms with Crippen LogP contribution in [0.25, 0.3) is 0 Å². The Balaban J connectivity index is 1.41. The van der Waals surface area contributed by atoms with E-state index < -0.39 is 0 Å². The topological polar surface area (TPSA) is 58.6 Å². The highest BCUT2D eigenvalue weighted by molar-refractivity contribution is 6.09. The monoisotopic (exact) mass is 414 g/mol. The number of benzene rings is 3. The third kappa shape index (κ3) is 5.31. The maximum atomic E-state index is 12.9. The minimum absolute atomic E-state index is 0.0241. The standard InChI is InChI=1S/C26H26N2O3/c29-25(21-15-13-20(14-16-21)19-31-22-9-3-1-4-10-22)27-24-12-6-5-11-23(24)26(30)28-17-7-2-8-18-28/h1,3-6,9-16H,2,7-8,17-19H2,(H,27,29). The molecule has 0 bridgehead atoms. The van der Waals surface area contributed by atoms with E-state index in [9.17, 15) is 9.59 Å². The first kappa shape index (κ1) is 20.7. The molecule has 3 aromatic carbocycles. The van der Waals surface area contributed by atoms with Crippen LogP contribution in [0.2, 0.25) is 0 Å². The van der Waals surface area contributed by atoms with Gasteiger partial charge in [0.15, 0.2) is 0 Å². The summed E-state index contributed by atoms with van der Waals surface area (Å²) in [6.07, 6.45) is 3.22. The van der Waals surface area contributed by atoms with Gasteiger partial charge in [-0.1, -0.05) is 42.5 Å². The first-order chi connectivity index (χ1) is 15.2. The van der Waals surface area contributed by atoms with E-state index in [0.29, 0.717) is 23.4 Å². The molecule has 158 valence electrons. The molecule has 1 saturated heterocycles. The summed E-state index contributed by atoms with van der Waals surface area (Å²) in [5, 5.41) is 2.91. The molecule has 5 heteroatoms. The lowest BCUT2D eigenvalue weighted by molar-refractivity contribution is 0.0725. The first-order valence-corrected chi connectivity index (χ1v) is 10.7. The van der Waals surface area contributed by atoms with E-state index in [-0.39, 0.29) is 11.8 Å². The Hall–Kier alpha value is -3.60. The van der Waals surface area contributed by atoms with Crippen LogP contribution in [0.15, 0.2) is 78.9 Å². The van der Waals surface area contributed by atoms with Crippen LogP contribution in [0.5, 0.6) is 5.75 Å². The lowest BCUT2D eigenvalue weighted by atomic mass is 10.1. The molecule has 0 atom stereocenters. The van der Waals surface area contributed by atoms with Gasteiger partial charge in [0.25, 0.3) is 11.8 Å². The predicted octanol–water partition coefficient (Wildman–Crippen LogP) is 5.14. The Morgan fingerprint density at radius 1 is 0.806 bits per heavy atom. The van der Waals surface area contributed by atoms with Crippen molar-refractivity contribution in [3.63, 3.8) is 0 Å². The van der Waals surface area contributed by atoms with Crippen LogP contribution in [0.1, 0.15) is 45.5 Å². The van der Waals surface area contributed by atoms with Crippen LogP contribution in [0, 0.1) is 0 Å². The molecular formula is C26H26N2O3. The van der Waals surface area contributed by atoms with Gasteiger partial charge in [0.05, 0.1) is 11.3 Å².